The Kier molecular flexibility index (Phi) is 21.6. The van der Waals surface area contributed by atoms with E-state index in [0.717, 1.165) is 32.4 Å². The third-order valence-electron chi connectivity index (χ3n) is 8.03. The molecule has 7 heteroatoms. The van der Waals surface area contributed by atoms with Gasteiger partial charge in [0, 0.05) is 37.2 Å². The molecule has 1 fully saturated rings. The van der Waals surface area contributed by atoms with Crippen molar-refractivity contribution in [3.63, 3.8) is 0 Å². The first kappa shape index (κ1) is 40.5. The maximum atomic E-state index is 12.5. The Morgan fingerprint density at radius 1 is 1.05 bits per heavy atom. The summed E-state index contributed by atoms with van der Waals surface area (Å²) in [7, 11) is 0. The van der Waals surface area contributed by atoms with E-state index in [1.165, 1.54) is 49.4 Å². The number of carbonyl (C=O) groups excluding carboxylic acids is 2. The van der Waals surface area contributed by atoms with Crippen LogP contribution in [0.5, 0.6) is 0 Å². The second kappa shape index (κ2) is 22.9. The van der Waals surface area contributed by atoms with Gasteiger partial charge < -0.3 is 15.7 Å². The zero-order chi connectivity index (χ0) is 32.9. The minimum Gasteiger partial charge on any atom is -0.396 e. The summed E-state index contributed by atoms with van der Waals surface area (Å²) in [5, 5.41) is 9.86. The standard InChI is InChI=1S/C14H22N2O3.C14H23N.C8H17F/c1-4-8(2)12(19)7-16-14-10(5-6-11(14)18)13(15)9(3)17;1-5-10-15(11-6-2)14-9-7-8-12(3)13(14)4;1-3-5-6-7-8(9)4-2/h8,11,18H,4-7,15H2,1-3H3;7-9H,5-6,10-11H2,1-4H3;8H,3-7H2,1-2H3/b13-10-,16-14?;;. The maximum Gasteiger partial charge on any atom is 0.175 e. The van der Waals surface area contributed by atoms with E-state index in [9.17, 15) is 19.1 Å². The van der Waals surface area contributed by atoms with E-state index in [4.69, 9.17) is 5.73 Å². The number of hydrogen-bond acceptors (Lipinski definition) is 6. The molecule has 3 atom stereocenters. The summed E-state index contributed by atoms with van der Waals surface area (Å²) in [6, 6.07) is 6.60. The van der Waals surface area contributed by atoms with Gasteiger partial charge in [-0.3, -0.25) is 14.6 Å². The number of anilines is 1. The molecule has 6 nitrogen and oxygen atoms in total. The Morgan fingerprint density at radius 3 is 2.19 bits per heavy atom. The number of rotatable bonds is 15. The molecule has 2 rings (SSSR count). The number of aliphatic hydroxyl groups is 1. The third kappa shape index (κ3) is 15.1. The van der Waals surface area contributed by atoms with Crippen molar-refractivity contribution in [3.8, 4) is 0 Å². The van der Waals surface area contributed by atoms with E-state index in [-0.39, 0.29) is 29.7 Å². The highest BCUT2D eigenvalue weighted by molar-refractivity contribution is 6.11. The molecular formula is C36H62FN3O3. The number of ketones is 2. The topological polar surface area (TPSA) is 96.0 Å². The van der Waals surface area contributed by atoms with E-state index in [1.54, 1.807) is 0 Å². The molecule has 43 heavy (non-hydrogen) atoms. The van der Waals surface area contributed by atoms with E-state index < -0.39 is 12.3 Å². The number of aliphatic hydroxyl groups excluding tert-OH is 1. The number of nitrogens with two attached hydrogens (primary N) is 1. The molecule has 1 saturated carbocycles. The first-order chi connectivity index (χ1) is 20.4. The second-order valence-electron chi connectivity index (χ2n) is 11.7. The summed E-state index contributed by atoms with van der Waals surface area (Å²) in [6.07, 6.45) is 7.85. The highest BCUT2D eigenvalue weighted by Crippen LogP contribution is 2.25. The number of hydrogen-bond donors (Lipinski definition) is 2. The Bertz CT molecular complexity index is 1010. The van der Waals surface area contributed by atoms with Crippen LogP contribution in [0.3, 0.4) is 0 Å². The summed E-state index contributed by atoms with van der Waals surface area (Å²) in [6.45, 7) is 20.5. The fourth-order valence-corrected chi connectivity index (χ4v) is 4.77. The van der Waals surface area contributed by atoms with Crippen molar-refractivity contribution in [3.05, 3.63) is 40.6 Å². The van der Waals surface area contributed by atoms with Crippen molar-refractivity contribution < 1.29 is 19.1 Å². The van der Waals surface area contributed by atoms with Gasteiger partial charge in [-0.25, -0.2) is 4.39 Å². The monoisotopic (exact) mass is 603 g/mol. The predicted octanol–water partition coefficient (Wildman–Crippen LogP) is 8.24. The van der Waals surface area contributed by atoms with Crippen LogP contribution in [0.15, 0.2) is 34.5 Å². The van der Waals surface area contributed by atoms with Crippen LogP contribution in [0.4, 0.5) is 10.1 Å². The van der Waals surface area contributed by atoms with Crippen molar-refractivity contribution in [2.45, 2.75) is 139 Å². The largest absolute Gasteiger partial charge is 0.396 e. The molecule has 0 saturated heterocycles. The zero-order valence-electron chi connectivity index (χ0n) is 28.8. The van der Waals surface area contributed by atoms with Crippen LogP contribution in [0, 0.1) is 19.8 Å². The molecule has 3 unspecified atom stereocenters. The van der Waals surface area contributed by atoms with Crippen LogP contribution >= 0.6 is 0 Å². The van der Waals surface area contributed by atoms with Crippen molar-refractivity contribution in [2.75, 3.05) is 24.5 Å². The number of nitrogens with zero attached hydrogens (tertiary/aromatic N) is 2. The van der Waals surface area contributed by atoms with Gasteiger partial charge in [0.1, 0.15) is 0 Å². The Hall–Kier alpha value is -2.54. The van der Waals surface area contributed by atoms with Crippen LogP contribution in [0.2, 0.25) is 0 Å². The molecule has 3 N–H and O–H groups in total. The lowest BCUT2D eigenvalue weighted by Crippen LogP contribution is -2.25. The number of carbonyl (C=O) groups is 2. The van der Waals surface area contributed by atoms with Crippen molar-refractivity contribution in [1.82, 2.24) is 0 Å². The molecule has 0 aliphatic heterocycles. The van der Waals surface area contributed by atoms with Crippen molar-refractivity contribution >= 4 is 23.0 Å². The van der Waals surface area contributed by atoms with Gasteiger partial charge in [0.25, 0.3) is 0 Å². The fourth-order valence-electron chi connectivity index (χ4n) is 4.77. The van der Waals surface area contributed by atoms with Gasteiger partial charge in [0.15, 0.2) is 11.6 Å². The number of alkyl halides is 1. The number of aryl methyl sites for hydroxylation is 1. The summed E-state index contributed by atoms with van der Waals surface area (Å²) in [5.74, 6) is -0.236. The van der Waals surface area contributed by atoms with E-state index in [2.05, 4.69) is 62.7 Å². The van der Waals surface area contributed by atoms with Crippen molar-refractivity contribution in [1.29, 1.82) is 0 Å². The Morgan fingerprint density at radius 2 is 1.67 bits per heavy atom. The number of allylic oxidation sites excluding steroid dienone is 1. The molecule has 1 aromatic rings. The van der Waals surface area contributed by atoms with Crippen LogP contribution in [0.1, 0.15) is 124 Å². The molecule has 1 aromatic carbocycles. The van der Waals surface area contributed by atoms with E-state index in [0.29, 0.717) is 30.5 Å². The summed E-state index contributed by atoms with van der Waals surface area (Å²) in [4.78, 5) is 29.7. The van der Waals surface area contributed by atoms with Crippen LogP contribution in [-0.2, 0) is 9.59 Å². The highest BCUT2D eigenvalue weighted by Gasteiger charge is 2.28. The molecule has 0 heterocycles. The molecule has 0 radical (unpaired) electrons. The number of Topliss-reactive ketones (excluding diaryl/α,β-unsaturated/α-hetero) is 2. The number of aliphatic imine (C=N–C) groups is 1. The van der Waals surface area contributed by atoms with Gasteiger partial charge >= 0.3 is 0 Å². The van der Waals surface area contributed by atoms with Crippen LogP contribution < -0.4 is 10.6 Å². The summed E-state index contributed by atoms with van der Waals surface area (Å²) < 4.78 is 12.5. The number of benzene rings is 1. The average Bonchev–Trinajstić information content (AvgIpc) is 3.36. The Labute approximate surface area is 262 Å². The molecule has 1 aliphatic carbocycles. The van der Waals surface area contributed by atoms with Gasteiger partial charge in [0.05, 0.1) is 30.2 Å². The van der Waals surface area contributed by atoms with E-state index >= 15 is 0 Å². The van der Waals surface area contributed by atoms with Gasteiger partial charge in [-0.1, -0.05) is 72.9 Å². The Balaban J connectivity index is 0.000000656. The maximum absolute atomic E-state index is 12.5. The predicted molar refractivity (Wildman–Crippen MR) is 182 cm³/mol. The second-order valence-corrected chi connectivity index (χ2v) is 11.7. The van der Waals surface area contributed by atoms with Gasteiger partial charge in [-0.2, -0.15) is 0 Å². The van der Waals surface area contributed by atoms with Gasteiger partial charge in [0.2, 0.25) is 0 Å². The first-order valence-electron chi connectivity index (χ1n) is 16.6. The SMILES string of the molecule is CCC(C)C(=O)CN=C1/C(=C(\N)C(C)=O)CCC1O.CCCCCC(F)CC.CCCN(CCC)c1cccc(C)c1C. The lowest BCUT2D eigenvalue weighted by Gasteiger charge is -2.26. The molecule has 0 aromatic heterocycles. The van der Waals surface area contributed by atoms with Gasteiger partial charge in [-0.15, -0.1) is 0 Å². The van der Waals surface area contributed by atoms with Crippen molar-refractivity contribution in [2.24, 2.45) is 16.6 Å². The molecule has 0 bridgehead atoms. The smallest absolute Gasteiger partial charge is 0.175 e. The number of unbranched alkanes of at least 4 members (excludes halogenated alkanes) is 2. The lowest BCUT2D eigenvalue weighted by atomic mass is 10.0. The number of halogens is 1. The molecular weight excluding hydrogens is 541 g/mol. The molecule has 0 amide bonds. The minimum absolute atomic E-state index is 0.0369. The van der Waals surface area contributed by atoms with Gasteiger partial charge in [-0.05, 0) is 76.0 Å². The summed E-state index contributed by atoms with van der Waals surface area (Å²) >= 11 is 0. The van der Waals surface area contributed by atoms with Crippen LogP contribution in [0.25, 0.3) is 0 Å². The molecule has 246 valence electrons. The summed E-state index contributed by atoms with van der Waals surface area (Å²) in [5.41, 5.74) is 11.1. The lowest BCUT2D eigenvalue weighted by molar-refractivity contribution is -0.121. The molecule has 0 spiro atoms. The quantitative estimate of drug-likeness (QED) is 0.155. The van der Waals surface area contributed by atoms with E-state index in [1.807, 2.05) is 20.8 Å². The average molecular weight is 604 g/mol. The molecule has 1 aliphatic rings. The highest BCUT2D eigenvalue weighted by atomic mass is 19.1. The normalized spacial score (nSPS) is 17.7. The minimum atomic E-state index is -0.724. The first-order valence-corrected chi connectivity index (χ1v) is 16.6. The zero-order valence-corrected chi connectivity index (χ0v) is 28.8. The third-order valence-corrected chi connectivity index (χ3v) is 8.03. The van der Waals surface area contributed by atoms with Crippen LogP contribution in [-0.4, -0.2) is 54.3 Å². The fraction of sp³-hybridized carbons (Fsp3) is 0.694.